The molecule has 0 spiro atoms. The molecule has 9 heterocycles. The van der Waals surface area contributed by atoms with E-state index in [0.717, 1.165) is 24.1 Å². The van der Waals surface area contributed by atoms with E-state index in [2.05, 4.69) is 25.6 Å². The van der Waals surface area contributed by atoms with Crippen LogP contribution in [0.1, 0.15) is 18.7 Å². The van der Waals surface area contributed by atoms with Gasteiger partial charge in [-0.05, 0) is 50.1 Å². The van der Waals surface area contributed by atoms with Crippen molar-refractivity contribution in [2.24, 2.45) is 0 Å². The number of carbonyl (C=O) groups is 2. The standard InChI is InChI=1S/C41H42F3N13O3/c1-21-47-32-12-23(43)10-28-31-6-5-7-35(49-31)48-24-13-34(39(58)52(3)19-27(60-4)20-54(21)36(28)32)55(16-24)37-29-15-46-57(33-9-8-22(42)11-30(33)44)38(29)51-40(50-37)56-25-14-26(56)18-53(17-25)41(59)45-2/h5-12,15,24-27,34H,13-14,16-20H2,1-4H3,(H,45,59)(H,48,49)/t24-,25?,26?,27-,34-/m0/s1. The number of fused-ring (bicyclic) bond motifs is 8. The maximum atomic E-state index is 15.4. The number of piperazine rings is 1. The zero-order chi connectivity index (χ0) is 41.6. The summed E-state index contributed by atoms with van der Waals surface area (Å²) in [5.41, 5.74) is 2.60. The number of aryl methyl sites for hydroxylation is 1. The molecule has 5 atom stereocenters. The maximum absolute atomic E-state index is 15.4. The number of carbonyl (C=O) groups excluding carboxylic acids is 2. The minimum absolute atomic E-state index is 0.00483. The summed E-state index contributed by atoms with van der Waals surface area (Å²) in [6.45, 7) is 3.62. The minimum Gasteiger partial charge on any atom is -0.378 e. The Bertz CT molecular complexity index is 2690. The van der Waals surface area contributed by atoms with Gasteiger partial charge in [-0.15, -0.1) is 0 Å². The van der Waals surface area contributed by atoms with Crippen LogP contribution in [0.15, 0.2) is 54.7 Å². The van der Waals surface area contributed by atoms with Crippen LogP contribution in [0.4, 0.5) is 35.5 Å². The van der Waals surface area contributed by atoms with Crippen LogP contribution in [0, 0.1) is 24.4 Å². The monoisotopic (exact) mass is 821 g/mol. The lowest BCUT2D eigenvalue weighted by atomic mass is 9.88. The van der Waals surface area contributed by atoms with Gasteiger partial charge in [0.2, 0.25) is 11.9 Å². The van der Waals surface area contributed by atoms with Crippen LogP contribution in [-0.4, -0.2) is 134 Å². The predicted molar refractivity (Wildman–Crippen MR) is 217 cm³/mol. The number of anilines is 3. The Kier molecular flexibility index (Phi) is 9.03. The number of nitrogens with zero attached hydrogens (tertiary/aromatic N) is 11. The molecule has 4 fully saturated rings. The first-order valence-corrected chi connectivity index (χ1v) is 19.9. The summed E-state index contributed by atoms with van der Waals surface area (Å²) in [5, 5.41) is 11.3. The zero-order valence-electron chi connectivity index (χ0n) is 33.3. The second-order valence-electron chi connectivity index (χ2n) is 16.0. The summed E-state index contributed by atoms with van der Waals surface area (Å²) < 4.78 is 54.0. The van der Waals surface area contributed by atoms with Gasteiger partial charge < -0.3 is 39.5 Å². The van der Waals surface area contributed by atoms with E-state index in [-0.39, 0.29) is 47.9 Å². The Hall–Kier alpha value is -6.50. The molecule has 0 saturated carbocycles. The Morgan fingerprint density at radius 2 is 1.75 bits per heavy atom. The fourth-order valence-corrected chi connectivity index (χ4v) is 9.42. The first-order valence-electron chi connectivity index (χ1n) is 19.9. The van der Waals surface area contributed by atoms with E-state index >= 15 is 8.78 Å². The molecule has 2 unspecified atom stereocenters. The van der Waals surface area contributed by atoms with Gasteiger partial charge in [0.15, 0.2) is 11.5 Å². The van der Waals surface area contributed by atoms with Crippen LogP contribution < -0.4 is 20.4 Å². The number of rotatable bonds is 4. The van der Waals surface area contributed by atoms with Crippen LogP contribution in [0.2, 0.25) is 0 Å². The van der Waals surface area contributed by atoms with E-state index in [1.165, 1.54) is 29.1 Å². The van der Waals surface area contributed by atoms with E-state index in [0.29, 0.717) is 78.2 Å². The molecule has 0 aliphatic carbocycles. The van der Waals surface area contributed by atoms with Crippen molar-refractivity contribution in [1.29, 1.82) is 0 Å². The molecular formula is C41H42F3N13O3. The summed E-state index contributed by atoms with van der Waals surface area (Å²) in [4.78, 5) is 54.6. The lowest BCUT2D eigenvalue weighted by Crippen LogP contribution is -2.70. The average Bonchev–Trinajstić information content (AvgIpc) is 3.94. The van der Waals surface area contributed by atoms with Crippen molar-refractivity contribution >= 4 is 51.6 Å². The molecule has 0 radical (unpaired) electrons. The number of benzene rings is 2. The van der Waals surface area contributed by atoms with Gasteiger partial charge in [0.05, 0.1) is 53.0 Å². The highest BCUT2D eigenvalue weighted by atomic mass is 19.1. The van der Waals surface area contributed by atoms with Gasteiger partial charge in [-0.1, -0.05) is 6.07 Å². The highest BCUT2D eigenvalue weighted by Gasteiger charge is 2.48. The first kappa shape index (κ1) is 37.7. The number of piperidine rings is 1. The van der Waals surface area contributed by atoms with Crippen molar-refractivity contribution in [3.8, 4) is 16.9 Å². The summed E-state index contributed by atoms with van der Waals surface area (Å²) >= 11 is 0. The van der Waals surface area contributed by atoms with Crippen molar-refractivity contribution in [2.45, 2.75) is 56.6 Å². The molecule has 310 valence electrons. The van der Waals surface area contributed by atoms with Crippen LogP contribution >= 0.6 is 0 Å². The molecule has 2 aromatic carbocycles. The van der Waals surface area contributed by atoms with E-state index in [4.69, 9.17) is 19.7 Å². The van der Waals surface area contributed by atoms with Crippen LogP contribution in [0.25, 0.3) is 39.0 Å². The van der Waals surface area contributed by atoms with Gasteiger partial charge >= 0.3 is 6.03 Å². The normalized spacial score (nSPS) is 22.8. The Morgan fingerprint density at radius 3 is 2.52 bits per heavy atom. The summed E-state index contributed by atoms with van der Waals surface area (Å²) in [6.07, 6.45) is 2.25. The molecule has 11 rings (SSSR count). The third kappa shape index (κ3) is 6.20. The molecule has 2 N–H and O–H groups in total. The molecule has 6 bridgehead atoms. The molecule has 4 saturated heterocycles. The van der Waals surface area contributed by atoms with Crippen molar-refractivity contribution < 1.29 is 27.5 Å². The molecule has 3 amide bonds. The van der Waals surface area contributed by atoms with Crippen molar-refractivity contribution in [3.05, 3.63) is 78.0 Å². The fraction of sp³-hybridized carbons (Fsp3) is 0.390. The summed E-state index contributed by atoms with van der Waals surface area (Å²) in [6, 6.07) is 10.3. The lowest BCUT2D eigenvalue weighted by Gasteiger charge is -2.56. The number of likely N-dealkylation sites (N-methyl/N-ethyl adjacent to an activating group) is 1. The van der Waals surface area contributed by atoms with Gasteiger partial charge in [-0.3, -0.25) is 4.79 Å². The largest absolute Gasteiger partial charge is 0.378 e. The fourth-order valence-electron chi connectivity index (χ4n) is 9.42. The lowest BCUT2D eigenvalue weighted by molar-refractivity contribution is -0.132. The first-order chi connectivity index (χ1) is 29.0. The highest BCUT2D eigenvalue weighted by molar-refractivity contribution is 5.94. The van der Waals surface area contributed by atoms with Crippen LogP contribution in [0.5, 0.6) is 0 Å². The molecule has 16 nitrogen and oxygen atoms in total. The number of aromatic nitrogens is 7. The molecule has 19 heteroatoms. The smallest absolute Gasteiger partial charge is 0.317 e. The number of hydrogen-bond acceptors (Lipinski definition) is 11. The third-order valence-corrected chi connectivity index (χ3v) is 12.3. The predicted octanol–water partition coefficient (Wildman–Crippen LogP) is 4.10. The number of halogens is 3. The maximum Gasteiger partial charge on any atom is 0.317 e. The third-order valence-electron chi connectivity index (χ3n) is 12.3. The summed E-state index contributed by atoms with van der Waals surface area (Å²) in [7, 11) is 4.94. The highest BCUT2D eigenvalue weighted by Crippen LogP contribution is 2.40. The second kappa shape index (κ2) is 14.4. The van der Waals surface area contributed by atoms with Crippen LogP contribution in [-0.2, 0) is 16.1 Å². The van der Waals surface area contributed by atoms with Crippen LogP contribution in [0.3, 0.4) is 0 Å². The molecule has 6 aromatic rings. The van der Waals surface area contributed by atoms with Gasteiger partial charge in [-0.25, -0.2) is 32.6 Å². The minimum atomic E-state index is -0.823. The Labute approximate surface area is 341 Å². The van der Waals surface area contributed by atoms with Gasteiger partial charge in [-0.2, -0.15) is 15.1 Å². The van der Waals surface area contributed by atoms with Crippen molar-refractivity contribution in [3.63, 3.8) is 0 Å². The van der Waals surface area contributed by atoms with Crippen molar-refractivity contribution in [2.75, 3.05) is 62.5 Å². The quantitative estimate of drug-likeness (QED) is 0.264. The molecule has 5 aliphatic heterocycles. The number of imidazole rings is 1. The molecule has 5 aliphatic rings. The Balaban J connectivity index is 1.09. The number of ether oxygens (including phenoxy) is 1. The number of pyridine rings is 1. The van der Waals surface area contributed by atoms with E-state index in [1.54, 1.807) is 31.0 Å². The van der Waals surface area contributed by atoms with E-state index in [1.807, 2.05) is 34.6 Å². The zero-order valence-corrected chi connectivity index (χ0v) is 33.3. The SMILES string of the molecule is CNC(=O)N1CC2CC(C1)N2c1nc(N2C[C@@H]3C[C@H]2C(=O)N(C)C[C@H](OC)Cn2c(C)nc4cc(F)cc(c42)-c2cccc(n2)N3)c2cnn(-c3ccc(F)cc3F)c2n1. The average molecular weight is 822 g/mol. The molecule has 60 heavy (non-hydrogen) atoms. The second-order valence-corrected chi connectivity index (χ2v) is 16.0. The topological polar surface area (TPSA) is 155 Å². The molecular weight excluding hydrogens is 780 g/mol. The number of amides is 3. The number of methoxy groups -OCH3 is 1. The number of hydrogen-bond donors (Lipinski definition) is 2. The molecule has 4 aromatic heterocycles. The van der Waals surface area contributed by atoms with Gasteiger partial charge in [0.1, 0.15) is 40.8 Å². The number of nitrogens with one attached hydrogen (secondary N) is 2. The van der Waals surface area contributed by atoms with Gasteiger partial charge in [0, 0.05) is 71.1 Å². The van der Waals surface area contributed by atoms with Gasteiger partial charge in [0.25, 0.3) is 0 Å². The number of urea groups is 1. The Morgan fingerprint density at radius 1 is 0.933 bits per heavy atom. The van der Waals surface area contributed by atoms with E-state index < -0.39 is 29.6 Å². The van der Waals surface area contributed by atoms with Crippen molar-refractivity contribution in [1.82, 2.24) is 49.4 Å². The summed E-state index contributed by atoms with van der Waals surface area (Å²) in [5.74, 6) is -0.212. The van der Waals surface area contributed by atoms with E-state index in [9.17, 15) is 14.0 Å².